The molecule has 2 amide bonds. The van der Waals surface area contributed by atoms with E-state index in [1.54, 1.807) is 17.0 Å². The molecule has 0 saturated carbocycles. The van der Waals surface area contributed by atoms with Crippen molar-refractivity contribution in [2.45, 2.75) is 32.5 Å². The summed E-state index contributed by atoms with van der Waals surface area (Å²) in [5.41, 5.74) is 0.268. The molecule has 1 fully saturated rings. The van der Waals surface area contributed by atoms with Crippen LogP contribution in [0, 0.1) is 5.92 Å². The van der Waals surface area contributed by atoms with Crippen LogP contribution in [0.5, 0.6) is 0 Å². The Morgan fingerprint density at radius 3 is 2.66 bits per heavy atom. The number of nitrogens with zero attached hydrogens (tertiary/aromatic N) is 1. The van der Waals surface area contributed by atoms with Gasteiger partial charge in [-0.05, 0) is 44.7 Å². The van der Waals surface area contributed by atoms with Gasteiger partial charge in [0.1, 0.15) is 5.60 Å². The molecule has 29 heavy (non-hydrogen) atoms. The van der Waals surface area contributed by atoms with Gasteiger partial charge in [0.05, 0.1) is 28.5 Å². The molecule has 0 aliphatic carbocycles. The van der Waals surface area contributed by atoms with Crippen LogP contribution in [0.4, 0.5) is 4.79 Å². The van der Waals surface area contributed by atoms with Gasteiger partial charge in [0.25, 0.3) is 0 Å². The van der Waals surface area contributed by atoms with Gasteiger partial charge in [-0.25, -0.2) is 4.79 Å². The van der Waals surface area contributed by atoms with Crippen LogP contribution in [0.2, 0.25) is 10.0 Å². The van der Waals surface area contributed by atoms with Gasteiger partial charge in [0.15, 0.2) is 0 Å². The lowest BCUT2D eigenvalue weighted by atomic mass is 9.95. The maximum atomic E-state index is 12.6. The van der Waals surface area contributed by atoms with E-state index in [1.165, 1.54) is 11.8 Å². The summed E-state index contributed by atoms with van der Waals surface area (Å²) in [5.74, 6) is 0.146. The van der Waals surface area contributed by atoms with E-state index in [-0.39, 0.29) is 17.9 Å². The first-order valence-electron chi connectivity index (χ1n) is 9.41. The lowest BCUT2D eigenvalue weighted by Gasteiger charge is -2.30. The molecule has 1 heterocycles. The Morgan fingerprint density at radius 1 is 1.31 bits per heavy atom. The van der Waals surface area contributed by atoms with E-state index in [1.807, 2.05) is 33.1 Å². The molecule has 162 valence electrons. The van der Waals surface area contributed by atoms with Crippen molar-refractivity contribution >= 4 is 47.0 Å². The third-order valence-corrected chi connectivity index (χ3v) is 5.59. The first-order valence-corrected chi connectivity index (χ1v) is 11.6. The van der Waals surface area contributed by atoms with Crippen molar-refractivity contribution < 1.29 is 19.1 Å². The zero-order chi connectivity index (χ0) is 21.6. The number of carbonyl (C=O) groups excluding carboxylic acids is 2. The Labute approximate surface area is 186 Å². The molecule has 1 aromatic carbocycles. The molecule has 1 aliphatic rings. The second-order valence-corrected chi connectivity index (χ2v) is 9.57. The Balaban J connectivity index is 2.22. The van der Waals surface area contributed by atoms with Gasteiger partial charge in [-0.3, -0.25) is 4.79 Å². The normalized spacial score (nSPS) is 20.1. The molecule has 9 heteroatoms. The van der Waals surface area contributed by atoms with Gasteiger partial charge in [0.2, 0.25) is 5.91 Å². The summed E-state index contributed by atoms with van der Waals surface area (Å²) in [4.78, 5) is 26.2. The molecule has 0 bridgehead atoms. The van der Waals surface area contributed by atoms with Crippen molar-refractivity contribution in [3.8, 4) is 0 Å². The minimum atomic E-state index is -0.588. The van der Waals surface area contributed by atoms with E-state index < -0.39 is 11.7 Å². The fourth-order valence-corrected chi connectivity index (χ4v) is 3.72. The maximum Gasteiger partial charge on any atom is 0.410 e. The molecule has 0 radical (unpaired) electrons. The van der Waals surface area contributed by atoms with Crippen molar-refractivity contribution in [2.75, 3.05) is 38.2 Å². The number of amides is 2. The summed E-state index contributed by atoms with van der Waals surface area (Å²) in [5, 5.41) is 3.84. The highest BCUT2D eigenvalue weighted by Crippen LogP contribution is 2.33. The van der Waals surface area contributed by atoms with Crippen LogP contribution in [0.1, 0.15) is 32.4 Å². The van der Waals surface area contributed by atoms with Gasteiger partial charge in [-0.1, -0.05) is 29.3 Å². The predicted molar refractivity (Wildman–Crippen MR) is 118 cm³/mol. The summed E-state index contributed by atoms with van der Waals surface area (Å²) >= 11 is 13.7. The molecule has 0 unspecified atom stereocenters. The van der Waals surface area contributed by atoms with Crippen molar-refractivity contribution in [1.29, 1.82) is 0 Å². The number of nitrogens with one attached hydrogen (secondary N) is 1. The second kappa shape index (κ2) is 10.8. The SMILES string of the molecule is CSCC(=O)NC[C@@H]1CN(C(=O)OC(C)(C)C)CCO[C@H]1c1ccc(Cl)c(Cl)c1. The average Bonchev–Trinajstić information content (AvgIpc) is 2.84. The Hall–Kier alpha value is -1.15. The number of halogens is 2. The van der Waals surface area contributed by atoms with Gasteiger partial charge in [-0.15, -0.1) is 0 Å². The van der Waals surface area contributed by atoms with Crippen molar-refractivity contribution in [3.05, 3.63) is 33.8 Å². The van der Waals surface area contributed by atoms with Crippen LogP contribution >= 0.6 is 35.0 Å². The molecule has 6 nitrogen and oxygen atoms in total. The molecule has 0 aromatic heterocycles. The number of rotatable bonds is 5. The van der Waals surface area contributed by atoms with Gasteiger partial charge in [-0.2, -0.15) is 11.8 Å². The van der Waals surface area contributed by atoms with Crippen molar-refractivity contribution in [3.63, 3.8) is 0 Å². The highest BCUT2D eigenvalue weighted by Gasteiger charge is 2.33. The lowest BCUT2D eigenvalue weighted by Crippen LogP contribution is -2.43. The fraction of sp³-hybridized carbons (Fsp3) is 0.600. The van der Waals surface area contributed by atoms with Crippen LogP contribution in [-0.2, 0) is 14.3 Å². The lowest BCUT2D eigenvalue weighted by molar-refractivity contribution is -0.119. The quantitative estimate of drug-likeness (QED) is 0.701. The Bertz CT molecular complexity index is 727. The molecule has 1 N–H and O–H groups in total. The van der Waals surface area contributed by atoms with Crippen LogP contribution in [-0.4, -0.2) is 60.8 Å². The van der Waals surface area contributed by atoms with Gasteiger partial charge in [0, 0.05) is 25.6 Å². The Kier molecular flexibility index (Phi) is 8.94. The molecule has 2 rings (SSSR count). The highest BCUT2D eigenvalue weighted by molar-refractivity contribution is 7.99. The monoisotopic (exact) mass is 462 g/mol. The molecule has 2 atom stereocenters. The van der Waals surface area contributed by atoms with Crippen LogP contribution in [0.3, 0.4) is 0 Å². The number of carbonyl (C=O) groups is 2. The molecule has 0 spiro atoms. The van der Waals surface area contributed by atoms with Crippen LogP contribution in [0.25, 0.3) is 0 Å². The highest BCUT2D eigenvalue weighted by atomic mass is 35.5. The molecule has 1 aliphatic heterocycles. The third-order valence-electron chi connectivity index (χ3n) is 4.30. The number of ether oxygens (including phenoxy) is 2. The van der Waals surface area contributed by atoms with E-state index in [4.69, 9.17) is 32.7 Å². The topological polar surface area (TPSA) is 67.9 Å². The zero-order valence-electron chi connectivity index (χ0n) is 17.2. The molecular formula is C20H28Cl2N2O4S. The van der Waals surface area contributed by atoms with Gasteiger partial charge >= 0.3 is 6.09 Å². The summed E-state index contributed by atoms with van der Waals surface area (Å²) in [7, 11) is 0. The fourth-order valence-electron chi connectivity index (χ4n) is 3.04. The van der Waals surface area contributed by atoms with E-state index in [0.29, 0.717) is 42.0 Å². The summed E-state index contributed by atoms with van der Waals surface area (Å²) in [6.45, 7) is 7.00. The molecule has 1 aromatic rings. The first kappa shape index (κ1) is 24.1. The standard InChI is InChI=1S/C20H28Cl2N2O4S/c1-20(2,3)28-19(26)24-7-8-27-18(13-5-6-15(21)16(22)9-13)14(11-24)10-23-17(25)12-29-4/h5-6,9,14,18H,7-8,10-12H2,1-4H3,(H,23,25)/t14-,18+/m1/s1. The van der Waals surface area contributed by atoms with E-state index >= 15 is 0 Å². The minimum absolute atomic E-state index is 0.0570. The number of hydrogen-bond acceptors (Lipinski definition) is 5. The third kappa shape index (κ3) is 7.55. The predicted octanol–water partition coefficient (Wildman–Crippen LogP) is 4.40. The van der Waals surface area contributed by atoms with E-state index in [9.17, 15) is 9.59 Å². The van der Waals surface area contributed by atoms with Crippen molar-refractivity contribution in [1.82, 2.24) is 10.2 Å². The van der Waals surface area contributed by atoms with Crippen LogP contribution in [0.15, 0.2) is 18.2 Å². The van der Waals surface area contributed by atoms with E-state index in [2.05, 4.69) is 5.32 Å². The number of thioether (sulfide) groups is 1. The zero-order valence-corrected chi connectivity index (χ0v) is 19.5. The average molecular weight is 463 g/mol. The first-order chi connectivity index (χ1) is 13.6. The summed E-state index contributed by atoms with van der Waals surface area (Å²) in [6, 6.07) is 5.36. The minimum Gasteiger partial charge on any atom is -0.444 e. The summed E-state index contributed by atoms with van der Waals surface area (Å²) in [6.07, 6.45) is 1.14. The van der Waals surface area contributed by atoms with Crippen molar-refractivity contribution in [2.24, 2.45) is 5.92 Å². The number of hydrogen-bond donors (Lipinski definition) is 1. The number of benzene rings is 1. The van der Waals surface area contributed by atoms with Crippen LogP contribution < -0.4 is 5.32 Å². The maximum absolute atomic E-state index is 12.6. The summed E-state index contributed by atoms with van der Waals surface area (Å²) < 4.78 is 11.6. The second-order valence-electron chi connectivity index (χ2n) is 7.89. The molecular weight excluding hydrogens is 435 g/mol. The smallest absolute Gasteiger partial charge is 0.410 e. The van der Waals surface area contributed by atoms with E-state index in [0.717, 1.165) is 5.56 Å². The van der Waals surface area contributed by atoms with Gasteiger partial charge < -0.3 is 19.7 Å². The molecule has 1 saturated heterocycles. The largest absolute Gasteiger partial charge is 0.444 e. The Morgan fingerprint density at radius 2 is 2.03 bits per heavy atom.